The molecule has 0 aromatic heterocycles. The quantitative estimate of drug-likeness (QED) is 0.581. The van der Waals surface area contributed by atoms with Gasteiger partial charge in [0.1, 0.15) is 0 Å². The molecular weight excluding hydrogens is 306 g/mol. The van der Waals surface area contributed by atoms with Crippen molar-refractivity contribution in [3.05, 3.63) is 22.7 Å². The maximum atomic E-state index is 11.1. The molecule has 1 aromatic carbocycles. The van der Waals surface area contributed by atoms with Gasteiger partial charge in [-0.1, -0.05) is 15.9 Å². The molecular formula is C10H12BrN3O2S. The van der Waals surface area contributed by atoms with Gasteiger partial charge in [0.05, 0.1) is 0 Å². The molecule has 0 bridgehead atoms. The SMILES string of the molecule is NC(=O)NC(=O)CCSc1ccc(Br)cc1N. The summed E-state index contributed by atoms with van der Waals surface area (Å²) in [5, 5.41) is 2.00. The third kappa shape index (κ3) is 5.10. The Kier molecular flexibility index (Phi) is 5.30. The van der Waals surface area contributed by atoms with Crippen molar-refractivity contribution in [2.24, 2.45) is 5.73 Å². The van der Waals surface area contributed by atoms with Crippen LogP contribution in [0.4, 0.5) is 10.5 Å². The lowest BCUT2D eigenvalue weighted by Crippen LogP contribution is -2.35. The van der Waals surface area contributed by atoms with Crippen LogP contribution in [0.5, 0.6) is 0 Å². The third-order valence-electron chi connectivity index (χ3n) is 1.82. The minimum absolute atomic E-state index is 0.211. The Balaban J connectivity index is 2.41. The summed E-state index contributed by atoms with van der Waals surface area (Å²) >= 11 is 4.76. The summed E-state index contributed by atoms with van der Waals surface area (Å²) in [7, 11) is 0. The van der Waals surface area contributed by atoms with Gasteiger partial charge in [0.25, 0.3) is 0 Å². The summed E-state index contributed by atoms with van der Waals surface area (Å²) in [6.07, 6.45) is 0.211. The molecule has 0 atom stereocenters. The smallest absolute Gasteiger partial charge is 0.318 e. The number of amides is 3. The molecule has 1 rings (SSSR count). The largest absolute Gasteiger partial charge is 0.398 e. The van der Waals surface area contributed by atoms with Gasteiger partial charge in [-0.05, 0) is 18.2 Å². The van der Waals surface area contributed by atoms with E-state index in [1.165, 1.54) is 11.8 Å². The van der Waals surface area contributed by atoms with Crippen molar-refractivity contribution in [3.8, 4) is 0 Å². The van der Waals surface area contributed by atoms with Crippen molar-refractivity contribution in [2.45, 2.75) is 11.3 Å². The van der Waals surface area contributed by atoms with E-state index in [1.54, 1.807) is 6.07 Å². The van der Waals surface area contributed by atoms with E-state index >= 15 is 0 Å². The highest BCUT2D eigenvalue weighted by molar-refractivity contribution is 9.10. The average molecular weight is 318 g/mol. The lowest BCUT2D eigenvalue weighted by Gasteiger charge is -2.05. The number of hydrogen-bond acceptors (Lipinski definition) is 4. The second kappa shape index (κ2) is 6.51. The molecule has 92 valence electrons. The van der Waals surface area contributed by atoms with Crippen LogP contribution in [0, 0.1) is 0 Å². The number of thioether (sulfide) groups is 1. The van der Waals surface area contributed by atoms with Gasteiger partial charge in [-0.25, -0.2) is 4.79 Å². The van der Waals surface area contributed by atoms with E-state index in [9.17, 15) is 9.59 Å². The first-order valence-electron chi connectivity index (χ1n) is 4.76. The zero-order valence-corrected chi connectivity index (χ0v) is 11.3. The minimum atomic E-state index is -0.830. The van der Waals surface area contributed by atoms with Crippen LogP contribution in [-0.4, -0.2) is 17.7 Å². The van der Waals surface area contributed by atoms with E-state index in [1.807, 2.05) is 17.4 Å². The summed E-state index contributed by atoms with van der Waals surface area (Å²) in [5.74, 6) is 0.144. The van der Waals surface area contributed by atoms with Crippen molar-refractivity contribution in [1.82, 2.24) is 5.32 Å². The number of nitrogens with one attached hydrogen (secondary N) is 1. The number of nitrogen functional groups attached to an aromatic ring is 1. The van der Waals surface area contributed by atoms with Gasteiger partial charge < -0.3 is 11.5 Å². The molecule has 0 aliphatic rings. The van der Waals surface area contributed by atoms with E-state index in [4.69, 9.17) is 11.5 Å². The minimum Gasteiger partial charge on any atom is -0.398 e. The van der Waals surface area contributed by atoms with Crippen molar-refractivity contribution < 1.29 is 9.59 Å². The standard InChI is InChI=1S/C10H12BrN3O2S/c11-6-1-2-8(7(12)5-6)17-4-3-9(15)14-10(13)16/h1-2,5H,3-4,12H2,(H3,13,14,15,16). The van der Waals surface area contributed by atoms with Crippen LogP contribution >= 0.6 is 27.7 Å². The molecule has 5 nitrogen and oxygen atoms in total. The van der Waals surface area contributed by atoms with Crippen molar-refractivity contribution in [2.75, 3.05) is 11.5 Å². The van der Waals surface area contributed by atoms with Crippen molar-refractivity contribution in [1.29, 1.82) is 0 Å². The Bertz CT molecular complexity index is 440. The predicted octanol–water partition coefficient (Wildman–Crippen LogP) is 1.71. The zero-order valence-electron chi connectivity index (χ0n) is 8.90. The number of urea groups is 1. The highest BCUT2D eigenvalue weighted by atomic mass is 79.9. The lowest BCUT2D eigenvalue weighted by atomic mass is 10.3. The zero-order chi connectivity index (χ0) is 12.8. The Labute approximate surface area is 111 Å². The number of nitrogens with two attached hydrogens (primary N) is 2. The predicted molar refractivity (Wildman–Crippen MR) is 71.6 cm³/mol. The molecule has 7 heteroatoms. The molecule has 0 saturated carbocycles. The van der Waals surface area contributed by atoms with Gasteiger partial charge in [-0.15, -0.1) is 11.8 Å². The van der Waals surface area contributed by atoms with Crippen molar-refractivity contribution >= 4 is 45.3 Å². The summed E-state index contributed by atoms with van der Waals surface area (Å²) in [4.78, 5) is 22.4. The number of rotatable bonds is 4. The molecule has 5 N–H and O–H groups in total. The molecule has 17 heavy (non-hydrogen) atoms. The number of anilines is 1. The normalized spacial score (nSPS) is 9.94. The number of imide groups is 1. The van der Waals surface area contributed by atoms with Crippen LogP contribution in [0.1, 0.15) is 6.42 Å². The van der Waals surface area contributed by atoms with Gasteiger partial charge in [0, 0.05) is 27.2 Å². The first-order chi connectivity index (χ1) is 7.99. The maximum absolute atomic E-state index is 11.1. The summed E-state index contributed by atoms with van der Waals surface area (Å²) in [5.41, 5.74) is 11.3. The number of carbonyl (C=O) groups is 2. The first kappa shape index (κ1) is 13.9. The Morgan fingerprint density at radius 2 is 2.12 bits per heavy atom. The van der Waals surface area contributed by atoms with E-state index < -0.39 is 6.03 Å². The summed E-state index contributed by atoms with van der Waals surface area (Å²) in [6, 6.07) is 4.72. The number of primary amides is 1. The molecule has 0 aliphatic heterocycles. The fraction of sp³-hybridized carbons (Fsp3) is 0.200. The monoisotopic (exact) mass is 317 g/mol. The molecule has 0 aliphatic carbocycles. The Morgan fingerprint density at radius 1 is 1.41 bits per heavy atom. The number of halogens is 1. The number of carbonyl (C=O) groups excluding carboxylic acids is 2. The molecule has 0 spiro atoms. The van der Waals surface area contributed by atoms with E-state index in [0.29, 0.717) is 11.4 Å². The fourth-order valence-corrected chi connectivity index (χ4v) is 2.38. The second-order valence-corrected chi connectivity index (χ2v) is 5.25. The van der Waals surface area contributed by atoms with Crippen molar-refractivity contribution in [3.63, 3.8) is 0 Å². The Hall–Kier alpha value is -1.21. The topological polar surface area (TPSA) is 98.2 Å². The highest BCUT2D eigenvalue weighted by Gasteiger charge is 2.05. The lowest BCUT2D eigenvalue weighted by molar-refractivity contribution is -0.119. The van der Waals surface area contributed by atoms with Crippen LogP contribution in [0.15, 0.2) is 27.6 Å². The number of benzene rings is 1. The van der Waals surface area contributed by atoms with E-state index in [-0.39, 0.29) is 12.3 Å². The van der Waals surface area contributed by atoms with Gasteiger partial charge in [0.2, 0.25) is 5.91 Å². The first-order valence-corrected chi connectivity index (χ1v) is 6.54. The van der Waals surface area contributed by atoms with Crippen LogP contribution < -0.4 is 16.8 Å². The molecule has 0 saturated heterocycles. The molecule has 0 unspecified atom stereocenters. The van der Waals surface area contributed by atoms with Crippen LogP contribution in [0.2, 0.25) is 0 Å². The third-order valence-corrected chi connectivity index (χ3v) is 3.41. The van der Waals surface area contributed by atoms with E-state index in [0.717, 1.165) is 9.37 Å². The van der Waals surface area contributed by atoms with Gasteiger partial charge in [-0.2, -0.15) is 0 Å². The van der Waals surface area contributed by atoms with Gasteiger partial charge in [-0.3, -0.25) is 10.1 Å². The van der Waals surface area contributed by atoms with Crippen LogP contribution in [-0.2, 0) is 4.79 Å². The van der Waals surface area contributed by atoms with Crippen LogP contribution in [0.25, 0.3) is 0 Å². The van der Waals surface area contributed by atoms with Crippen LogP contribution in [0.3, 0.4) is 0 Å². The maximum Gasteiger partial charge on any atom is 0.318 e. The number of hydrogen-bond donors (Lipinski definition) is 3. The molecule has 1 aromatic rings. The average Bonchev–Trinajstić information content (AvgIpc) is 2.20. The van der Waals surface area contributed by atoms with Gasteiger partial charge >= 0.3 is 6.03 Å². The highest BCUT2D eigenvalue weighted by Crippen LogP contribution is 2.28. The van der Waals surface area contributed by atoms with E-state index in [2.05, 4.69) is 15.9 Å². The van der Waals surface area contributed by atoms with Gasteiger partial charge in [0.15, 0.2) is 0 Å². The fourth-order valence-electron chi connectivity index (χ4n) is 1.10. The summed E-state index contributed by atoms with van der Waals surface area (Å²) < 4.78 is 0.908. The molecule has 0 fully saturated rings. The summed E-state index contributed by atoms with van der Waals surface area (Å²) in [6.45, 7) is 0. The molecule has 3 amide bonds. The second-order valence-electron chi connectivity index (χ2n) is 3.19. The molecule has 0 radical (unpaired) electrons. The molecule has 0 heterocycles. The Morgan fingerprint density at radius 3 is 2.71 bits per heavy atom.